The lowest BCUT2D eigenvalue weighted by molar-refractivity contribution is -0.123. The summed E-state index contributed by atoms with van der Waals surface area (Å²) in [6.45, 7) is 0. The van der Waals surface area contributed by atoms with Gasteiger partial charge in [-0.25, -0.2) is 0 Å². The van der Waals surface area contributed by atoms with Crippen LogP contribution in [0, 0.1) is 5.92 Å². The summed E-state index contributed by atoms with van der Waals surface area (Å²) in [5.74, 6) is 0.505. The van der Waals surface area contributed by atoms with Crippen molar-refractivity contribution in [1.29, 1.82) is 0 Å². The molecule has 2 aromatic rings. The highest BCUT2D eigenvalue weighted by Gasteiger charge is 2.27. The normalized spacial score (nSPS) is 21.2. The van der Waals surface area contributed by atoms with Crippen molar-refractivity contribution < 1.29 is 9.21 Å². The molecule has 1 aromatic carbocycles. The molecule has 0 saturated heterocycles. The molecule has 1 saturated carbocycles. The molecule has 2 aliphatic carbocycles. The monoisotopic (exact) mass is 284 g/mol. The van der Waals surface area contributed by atoms with E-state index in [2.05, 4.69) is 5.32 Å². The van der Waals surface area contributed by atoms with Crippen molar-refractivity contribution >= 4 is 22.6 Å². The van der Waals surface area contributed by atoms with Crippen LogP contribution < -0.4 is 11.1 Å². The van der Waals surface area contributed by atoms with Crippen LogP contribution in [0.1, 0.15) is 36.8 Å². The van der Waals surface area contributed by atoms with Gasteiger partial charge in [0.05, 0.1) is 6.26 Å². The number of rotatable bonds is 3. The summed E-state index contributed by atoms with van der Waals surface area (Å²) in [7, 11) is 0. The van der Waals surface area contributed by atoms with Crippen molar-refractivity contribution in [3.63, 3.8) is 0 Å². The molecule has 1 aromatic heterocycles. The van der Waals surface area contributed by atoms with E-state index in [1.807, 2.05) is 18.4 Å². The molecule has 1 unspecified atom stereocenters. The van der Waals surface area contributed by atoms with Gasteiger partial charge in [0.1, 0.15) is 5.58 Å². The van der Waals surface area contributed by atoms with E-state index in [9.17, 15) is 4.79 Å². The summed E-state index contributed by atoms with van der Waals surface area (Å²) >= 11 is 0. The largest absolute Gasteiger partial charge is 0.464 e. The zero-order valence-electron chi connectivity index (χ0n) is 12.0. The number of nitrogen functional groups attached to an aromatic ring is 1. The van der Waals surface area contributed by atoms with E-state index < -0.39 is 0 Å². The molecule has 2 aliphatic rings. The molecule has 110 valence electrons. The maximum atomic E-state index is 12.1. The minimum Gasteiger partial charge on any atom is -0.464 e. The topological polar surface area (TPSA) is 68.3 Å². The highest BCUT2D eigenvalue weighted by atomic mass is 16.3. The van der Waals surface area contributed by atoms with Gasteiger partial charge in [-0.05, 0) is 61.3 Å². The van der Waals surface area contributed by atoms with Gasteiger partial charge >= 0.3 is 0 Å². The summed E-state index contributed by atoms with van der Waals surface area (Å²) in [5.41, 5.74) is 10.2. The first kappa shape index (κ1) is 12.7. The van der Waals surface area contributed by atoms with E-state index in [-0.39, 0.29) is 5.91 Å². The van der Waals surface area contributed by atoms with Gasteiger partial charge in [0.15, 0.2) is 0 Å². The van der Waals surface area contributed by atoms with Crippen molar-refractivity contribution in [1.82, 2.24) is 5.32 Å². The predicted octanol–water partition coefficient (Wildman–Crippen LogP) is 2.79. The number of furan rings is 1. The average Bonchev–Trinajstić information content (AvgIpc) is 2.82. The smallest absolute Gasteiger partial charge is 0.220 e. The summed E-state index contributed by atoms with van der Waals surface area (Å²) in [4.78, 5) is 12.1. The van der Waals surface area contributed by atoms with Crippen molar-refractivity contribution in [3.8, 4) is 0 Å². The van der Waals surface area contributed by atoms with E-state index in [1.165, 1.54) is 17.4 Å². The van der Waals surface area contributed by atoms with Crippen LogP contribution in [0.4, 0.5) is 5.69 Å². The van der Waals surface area contributed by atoms with Gasteiger partial charge in [-0.2, -0.15) is 0 Å². The molecule has 1 fully saturated rings. The highest BCUT2D eigenvalue weighted by molar-refractivity contribution is 5.90. The van der Waals surface area contributed by atoms with Crippen LogP contribution in [0.3, 0.4) is 0 Å². The first-order valence-electron chi connectivity index (χ1n) is 7.77. The molecular weight excluding hydrogens is 264 g/mol. The third-order valence-electron chi connectivity index (χ3n) is 4.91. The molecule has 1 heterocycles. The third kappa shape index (κ3) is 2.19. The van der Waals surface area contributed by atoms with Crippen LogP contribution in [0.15, 0.2) is 22.8 Å². The number of nitrogens with two attached hydrogens (primary N) is 1. The number of benzene rings is 1. The minimum atomic E-state index is 0.183. The van der Waals surface area contributed by atoms with Gasteiger partial charge < -0.3 is 15.5 Å². The quantitative estimate of drug-likeness (QED) is 0.852. The van der Waals surface area contributed by atoms with Crippen molar-refractivity contribution in [2.45, 2.75) is 44.6 Å². The lowest BCUT2D eigenvalue weighted by atomic mass is 9.82. The lowest BCUT2D eigenvalue weighted by Crippen LogP contribution is -2.40. The molecule has 4 nitrogen and oxygen atoms in total. The number of amides is 1. The Balaban J connectivity index is 1.52. The van der Waals surface area contributed by atoms with Crippen LogP contribution in [0.2, 0.25) is 0 Å². The maximum absolute atomic E-state index is 12.1. The second kappa shape index (κ2) is 4.79. The van der Waals surface area contributed by atoms with Crippen LogP contribution in [0.25, 0.3) is 11.0 Å². The first-order valence-corrected chi connectivity index (χ1v) is 7.77. The van der Waals surface area contributed by atoms with Crippen LogP contribution in [-0.2, 0) is 17.6 Å². The van der Waals surface area contributed by atoms with Gasteiger partial charge in [-0.1, -0.05) is 0 Å². The van der Waals surface area contributed by atoms with Crippen molar-refractivity contribution in [2.75, 3.05) is 5.73 Å². The van der Waals surface area contributed by atoms with E-state index in [4.69, 9.17) is 10.2 Å². The summed E-state index contributed by atoms with van der Waals surface area (Å²) < 4.78 is 5.60. The van der Waals surface area contributed by atoms with E-state index >= 15 is 0 Å². The molecule has 0 aliphatic heterocycles. The first-order chi connectivity index (χ1) is 10.2. The van der Waals surface area contributed by atoms with E-state index in [0.29, 0.717) is 18.4 Å². The SMILES string of the molecule is Nc1ccc2occ3c2c1CC(CC(=O)NC1CCC1)C3. The average molecular weight is 284 g/mol. The lowest BCUT2D eigenvalue weighted by Gasteiger charge is -2.28. The molecule has 0 radical (unpaired) electrons. The molecule has 0 spiro atoms. The fourth-order valence-electron chi connectivity index (χ4n) is 3.57. The molecule has 3 N–H and O–H groups in total. The number of carbonyl (C=O) groups is 1. The Morgan fingerprint density at radius 2 is 2.19 bits per heavy atom. The summed E-state index contributed by atoms with van der Waals surface area (Å²) in [6, 6.07) is 4.25. The number of nitrogens with one attached hydrogen (secondary N) is 1. The Bertz CT molecular complexity index is 700. The van der Waals surface area contributed by atoms with Crippen LogP contribution in [-0.4, -0.2) is 11.9 Å². The van der Waals surface area contributed by atoms with Gasteiger partial charge in [0.25, 0.3) is 0 Å². The zero-order chi connectivity index (χ0) is 14.4. The van der Waals surface area contributed by atoms with E-state index in [1.54, 1.807) is 0 Å². The Morgan fingerprint density at radius 1 is 1.33 bits per heavy atom. The molecule has 0 bridgehead atoms. The zero-order valence-corrected chi connectivity index (χ0v) is 12.0. The fourth-order valence-corrected chi connectivity index (χ4v) is 3.57. The number of hydrogen-bond donors (Lipinski definition) is 2. The number of hydrogen-bond acceptors (Lipinski definition) is 3. The van der Waals surface area contributed by atoms with Gasteiger partial charge in [-0.3, -0.25) is 4.79 Å². The fraction of sp³-hybridized carbons (Fsp3) is 0.471. The summed E-state index contributed by atoms with van der Waals surface area (Å²) in [5, 5.41) is 4.30. The highest BCUT2D eigenvalue weighted by Crippen LogP contribution is 2.37. The number of anilines is 1. The minimum absolute atomic E-state index is 0.183. The Labute approximate surface area is 123 Å². The Kier molecular flexibility index (Phi) is 2.91. The molecular formula is C17H20N2O2. The third-order valence-corrected chi connectivity index (χ3v) is 4.91. The van der Waals surface area contributed by atoms with Gasteiger partial charge in [0.2, 0.25) is 5.91 Å². The molecule has 1 atom stereocenters. The molecule has 1 amide bonds. The standard InChI is InChI=1S/C17H20N2O2/c18-14-4-5-15-17-11(9-21-15)6-10(7-13(14)17)8-16(20)19-12-2-1-3-12/h4-5,9-10,12H,1-3,6-8,18H2,(H,19,20). The van der Waals surface area contributed by atoms with E-state index in [0.717, 1.165) is 42.5 Å². The Morgan fingerprint density at radius 3 is 2.95 bits per heavy atom. The second-order valence-electron chi connectivity index (χ2n) is 6.44. The Hall–Kier alpha value is -1.97. The van der Waals surface area contributed by atoms with Crippen LogP contribution in [0.5, 0.6) is 0 Å². The summed E-state index contributed by atoms with van der Waals surface area (Å²) in [6.07, 6.45) is 7.68. The number of carbonyl (C=O) groups excluding carboxylic acids is 1. The molecule has 4 rings (SSSR count). The van der Waals surface area contributed by atoms with Crippen LogP contribution >= 0.6 is 0 Å². The van der Waals surface area contributed by atoms with Gasteiger partial charge in [0, 0.05) is 23.5 Å². The molecule has 4 heteroatoms. The predicted molar refractivity (Wildman–Crippen MR) is 81.9 cm³/mol. The second-order valence-corrected chi connectivity index (χ2v) is 6.44. The molecule has 21 heavy (non-hydrogen) atoms. The van der Waals surface area contributed by atoms with Crippen molar-refractivity contribution in [3.05, 3.63) is 29.5 Å². The maximum Gasteiger partial charge on any atom is 0.220 e. The van der Waals surface area contributed by atoms with Gasteiger partial charge in [-0.15, -0.1) is 0 Å². The van der Waals surface area contributed by atoms with Crippen molar-refractivity contribution in [2.24, 2.45) is 5.92 Å².